The standard InChI is InChI=1S/C14H21N3O/c1-9-7-17(8-10(9)2)13-6-11(14(18)16-3)4-5-12(13)15/h4-6,9-10H,7-8,15H2,1-3H3,(H,16,18). The number of nitrogens with zero attached hydrogens (tertiary/aromatic N) is 1. The smallest absolute Gasteiger partial charge is 0.251 e. The van der Waals surface area contributed by atoms with Crippen LogP contribution in [0.15, 0.2) is 18.2 Å². The molecule has 1 aromatic rings. The Labute approximate surface area is 108 Å². The second kappa shape index (κ2) is 4.88. The summed E-state index contributed by atoms with van der Waals surface area (Å²) in [5.41, 5.74) is 8.41. The van der Waals surface area contributed by atoms with E-state index in [-0.39, 0.29) is 5.91 Å². The zero-order valence-electron chi connectivity index (χ0n) is 11.2. The first kappa shape index (κ1) is 12.7. The molecule has 0 saturated carbocycles. The van der Waals surface area contributed by atoms with Crippen molar-refractivity contribution in [1.82, 2.24) is 5.32 Å². The second-order valence-corrected chi connectivity index (χ2v) is 5.21. The number of hydrogen-bond acceptors (Lipinski definition) is 3. The van der Waals surface area contributed by atoms with Crippen LogP contribution < -0.4 is 16.0 Å². The van der Waals surface area contributed by atoms with Crippen molar-refractivity contribution in [2.75, 3.05) is 30.8 Å². The van der Waals surface area contributed by atoms with Gasteiger partial charge < -0.3 is 16.0 Å². The normalized spacial score (nSPS) is 23.2. The molecule has 0 radical (unpaired) electrons. The van der Waals surface area contributed by atoms with Gasteiger partial charge in [0, 0.05) is 25.7 Å². The summed E-state index contributed by atoms with van der Waals surface area (Å²) in [7, 11) is 1.64. The van der Waals surface area contributed by atoms with Gasteiger partial charge in [0.1, 0.15) is 0 Å². The average molecular weight is 247 g/mol. The summed E-state index contributed by atoms with van der Waals surface area (Å²) in [5.74, 6) is 1.25. The molecule has 1 amide bonds. The molecule has 0 aliphatic carbocycles. The van der Waals surface area contributed by atoms with Crippen LogP contribution in [-0.4, -0.2) is 26.0 Å². The molecule has 0 spiro atoms. The molecule has 1 heterocycles. The first-order valence-corrected chi connectivity index (χ1v) is 6.39. The molecule has 1 aliphatic heterocycles. The summed E-state index contributed by atoms with van der Waals surface area (Å²) in [4.78, 5) is 13.9. The van der Waals surface area contributed by atoms with Crippen molar-refractivity contribution in [3.05, 3.63) is 23.8 Å². The van der Waals surface area contributed by atoms with Gasteiger partial charge >= 0.3 is 0 Å². The molecule has 2 atom stereocenters. The Hall–Kier alpha value is -1.71. The van der Waals surface area contributed by atoms with E-state index in [2.05, 4.69) is 24.1 Å². The molecule has 2 unspecified atom stereocenters. The van der Waals surface area contributed by atoms with Gasteiger partial charge in [-0.1, -0.05) is 13.8 Å². The van der Waals surface area contributed by atoms with E-state index in [1.165, 1.54) is 0 Å². The van der Waals surface area contributed by atoms with Crippen molar-refractivity contribution in [2.24, 2.45) is 11.8 Å². The van der Waals surface area contributed by atoms with E-state index in [1.807, 2.05) is 12.1 Å². The van der Waals surface area contributed by atoms with Crippen molar-refractivity contribution in [3.63, 3.8) is 0 Å². The van der Waals surface area contributed by atoms with Crippen LogP contribution in [0.5, 0.6) is 0 Å². The lowest BCUT2D eigenvalue weighted by Crippen LogP contribution is -2.23. The summed E-state index contributed by atoms with van der Waals surface area (Å²) in [6.45, 7) is 6.51. The third-order valence-electron chi connectivity index (χ3n) is 3.85. The topological polar surface area (TPSA) is 58.4 Å². The van der Waals surface area contributed by atoms with Gasteiger partial charge in [-0.3, -0.25) is 4.79 Å². The fourth-order valence-electron chi connectivity index (χ4n) is 2.43. The molecule has 1 fully saturated rings. The molecule has 18 heavy (non-hydrogen) atoms. The van der Waals surface area contributed by atoms with Gasteiger partial charge in [-0.15, -0.1) is 0 Å². The van der Waals surface area contributed by atoms with Crippen LogP contribution in [-0.2, 0) is 0 Å². The lowest BCUT2D eigenvalue weighted by molar-refractivity contribution is 0.0963. The number of nitrogens with one attached hydrogen (secondary N) is 1. The molecule has 1 saturated heterocycles. The molecule has 0 aromatic heterocycles. The summed E-state index contributed by atoms with van der Waals surface area (Å²) in [5, 5.41) is 2.64. The predicted molar refractivity (Wildman–Crippen MR) is 74.8 cm³/mol. The van der Waals surface area contributed by atoms with E-state index in [9.17, 15) is 4.79 Å². The number of hydrogen-bond donors (Lipinski definition) is 2. The van der Waals surface area contributed by atoms with Crippen LogP contribution in [0.3, 0.4) is 0 Å². The average Bonchev–Trinajstić information content (AvgIpc) is 2.69. The van der Waals surface area contributed by atoms with Gasteiger partial charge in [0.05, 0.1) is 11.4 Å². The molecule has 1 aromatic carbocycles. The van der Waals surface area contributed by atoms with E-state index in [1.54, 1.807) is 13.1 Å². The van der Waals surface area contributed by atoms with Gasteiger partial charge in [-0.2, -0.15) is 0 Å². The largest absolute Gasteiger partial charge is 0.397 e. The van der Waals surface area contributed by atoms with E-state index >= 15 is 0 Å². The summed E-state index contributed by atoms with van der Waals surface area (Å²) in [6, 6.07) is 5.47. The van der Waals surface area contributed by atoms with Gasteiger partial charge in [0.25, 0.3) is 5.91 Å². The molecular formula is C14H21N3O. The van der Waals surface area contributed by atoms with Crippen LogP contribution in [0.4, 0.5) is 11.4 Å². The third-order valence-corrected chi connectivity index (χ3v) is 3.85. The summed E-state index contributed by atoms with van der Waals surface area (Å²) >= 11 is 0. The number of nitrogen functional groups attached to an aromatic ring is 1. The maximum Gasteiger partial charge on any atom is 0.251 e. The lowest BCUT2D eigenvalue weighted by Gasteiger charge is -2.21. The highest BCUT2D eigenvalue weighted by Gasteiger charge is 2.27. The first-order chi connectivity index (χ1) is 8.52. The molecule has 0 bridgehead atoms. The van der Waals surface area contributed by atoms with E-state index in [0.717, 1.165) is 24.5 Å². The molecule has 2 rings (SSSR count). The predicted octanol–water partition coefficient (Wildman–Crippen LogP) is 1.72. The fraction of sp³-hybridized carbons (Fsp3) is 0.500. The Bertz CT molecular complexity index is 448. The van der Waals surface area contributed by atoms with Crippen LogP contribution >= 0.6 is 0 Å². The van der Waals surface area contributed by atoms with Crippen molar-refractivity contribution in [2.45, 2.75) is 13.8 Å². The number of carbonyl (C=O) groups excluding carboxylic acids is 1. The van der Waals surface area contributed by atoms with Gasteiger partial charge in [-0.25, -0.2) is 0 Å². The molecule has 3 N–H and O–H groups in total. The Morgan fingerprint density at radius 3 is 2.50 bits per heavy atom. The Morgan fingerprint density at radius 2 is 1.94 bits per heavy atom. The number of amides is 1. The van der Waals surface area contributed by atoms with Gasteiger partial charge in [-0.05, 0) is 30.0 Å². The third kappa shape index (κ3) is 2.28. The Morgan fingerprint density at radius 1 is 1.33 bits per heavy atom. The number of rotatable bonds is 2. The van der Waals surface area contributed by atoms with Crippen molar-refractivity contribution >= 4 is 17.3 Å². The maximum absolute atomic E-state index is 11.7. The van der Waals surface area contributed by atoms with E-state index < -0.39 is 0 Å². The summed E-state index contributed by atoms with van der Waals surface area (Å²) in [6.07, 6.45) is 0. The molecule has 4 heteroatoms. The van der Waals surface area contributed by atoms with E-state index in [4.69, 9.17) is 5.73 Å². The molecular weight excluding hydrogens is 226 g/mol. The Kier molecular flexibility index (Phi) is 3.45. The van der Waals surface area contributed by atoms with Crippen LogP contribution in [0.1, 0.15) is 24.2 Å². The molecule has 4 nitrogen and oxygen atoms in total. The van der Waals surface area contributed by atoms with Crippen molar-refractivity contribution in [1.29, 1.82) is 0 Å². The Balaban J connectivity index is 2.30. The number of carbonyl (C=O) groups is 1. The SMILES string of the molecule is CNC(=O)c1ccc(N)c(N2CC(C)C(C)C2)c1. The highest BCUT2D eigenvalue weighted by molar-refractivity contribution is 5.96. The molecule has 1 aliphatic rings. The number of benzene rings is 1. The van der Waals surface area contributed by atoms with Crippen molar-refractivity contribution < 1.29 is 4.79 Å². The quantitative estimate of drug-likeness (QED) is 0.782. The minimum atomic E-state index is -0.0726. The van der Waals surface area contributed by atoms with E-state index in [0.29, 0.717) is 17.4 Å². The van der Waals surface area contributed by atoms with Crippen LogP contribution in [0, 0.1) is 11.8 Å². The molecule has 98 valence electrons. The lowest BCUT2D eigenvalue weighted by atomic mass is 10.0. The van der Waals surface area contributed by atoms with Gasteiger partial charge in [0.2, 0.25) is 0 Å². The fourth-order valence-corrected chi connectivity index (χ4v) is 2.43. The summed E-state index contributed by atoms with van der Waals surface area (Å²) < 4.78 is 0. The highest BCUT2D eigenvalue weighted by Crippen LogP contribution is 2.32. The number of anilines is 2. The minimum absolute atomic E-state index is 0.0726. The van der Waals surface area contributed by atoms with Crippen molar-refractivity contribution in [3.8, 4) is 0 Å². The maximum atomic E-state index is 11.7. The van der Waals surface area contributed by atoms with Gasteiger partial charge in [0.15, 0.2) is 0 Å². The number of nitrogens with two attached hydrogens (primary N) is 1. The van der Waals surface area contributed by atoms with Crippen LogP contribution in [0.2, 0.25) is 0 Å². The minimum Gasteiger partial charge on any atom is -0.397 e. The first-order valence-electron chi connectivity index (χ1n) is 6.39. The zero-order valence-corrected chi connectivity index (χ0v) is 11.2. The zero-order chi connectivity index (χ0) is 13.3. The monoisotopic (exact) mass is 247 g/mol. The second-order valence-electron chi connectivity index (χ2n) is 5.21. The highest BCUT2D eigenvalue weighted by atomic mass is 16.1. The van der Waals surface area contributed by atoms with Crippen LogP contribution in [0.25, 0.3) is 0 Å².